The highest BCUT2D eigenvalue weighted by atomic mass is 16.5. The van der Waals surface area contributed by atoms with Gasteiger partial charge in [-0.05, 0) is 111 Å². The fraction of sp³-hybridized carbons (Fsp3) is 0.521. The van der Waals surface area contributed by atoms with Gasteiger partial charge in [-0.2, -0.15) is 0 Å². The van der Waals surface area contributed by atoms with Crippen molar-refractivity contribution in [1.82, 2.24) is 9.88 Å². The molecule has 0 bridgehead atoms. The third-order valence-electron chi connectivity index (χ3n) is 15.3. The van der Waals surface area contributed by atoms with Gasteiger partial charge in [0.2, 0.25) is 5.91 Å². The van der Waals surface area contributed by atoms with Crippen molar-refractivity contribution < 1.29 is 38.9 Å². The van der Waals surface area contributed by atoms with Crippen LogP contribution < -0.4 is 5.32 Å². The highest BCUT2D eigenvalue weighted by Crippen LogP contribution is 2.72. The molecule has 3 N–H and O–H groups in total. The number of esters is 2. The first-order valence-electron chi connectivity index (χ1n) is 21.1. The Morgan fingerprint density at radius 1 is 0.983 bits per heavy atom. The zero-order valence-corrected chi connectivity index (χ0v) is 34.9. The number of pyridine rings is 1. The van der Waals surface area contributed by atoms with E-state index in [9.17, 15) is 29.4 Å². The molecule has 2 aromatic carbocycles. The number of hydrogen-bond acceptors (Lipinski definition) is 10. The summed E-state index contributed by atoms with van der Waals surface area (Å²) in [5.74, 6) is -2.59. The molecule has 0 spiro atoms. The summed E-state index contributed by atoms with van der Waals surface area (Å²) in [5, 5.41) is 29.4. The van der Waals surface area contributed by atoms with Crippen LogP contribution in [0.3, 0.4) is 0 Å². The van der Waals surface area contributed by atoms with Gasteiger partial charge in [-0.25, -0.2) is 0 Å². The molecule has 5 aliphatic carbocycles. The summed E-state index contributed by atoms with van der Waals surface area (Å²) < 4.78 is 11.4. The minimum absolute atomic E-state index is 0.00115. The number of carbonyl (C=O) groups is 4. The zero-order valence-electron chi connectivity index (χ0n) is 34.9. The summed E-state index contributed by atoms with van der Waals surface area (Å²) >= 11 is 0. The number of anilines is 1. The van der Waals surface area contributed by atoms with Crippen molar-refractivity contribution in [1.29, 1.82) is 0 Å². The number of fused-ring (bicyclic) bond motifs is 6. The Bertz CT molecular complexity index is 2240. The average Bonchev–Trinajstić information content (AvgIpc) is 3.95. The third kappa shape index (κ3) is 7.02. The number of aliphatic hydroxyl groups excluding tert-OH is 1. The number of nitrogens with one attached hydrogen (secondary N) is 1. The van der Waals surface area contributed by atoms with Crippen molar-refractivity contribution in [2.45, 2.75) is 90.6 Å². The van der Waals surface area contributed by atoms with Gasteiger partial charge in [-0.1, -0.05) is 69.7 Å². The minimum atomic E-state index is -1.16. The summed E-state index contributed by atoms with van der Waals surface area (Å²) in [4.78, 5) is 57.9. The Kier molecular flexibility index (Phi) is 10.5. The average molecular weight is 804 g/mol. The molecule has 7 unspecified atom stereocenters. The van der Waals surface area contributed by atoms with Crippen LogP contribution in [0.2, 0.25) is 0 Å². The number of nitrogens with zero attached hydrogens (tertiary/aromatic N) is 2. The number of rotatable bonds is 11. The van der Waals surface area contributed by atoms with Crippen molar-refractivity contribution in [3.8, 4) is 0 Å². The standard InChI is InChI=1S/C48H57N3O8/c1-28(48(57)19-15-39-46(3)17-13-33-22-35(52)14-18-45(33,2)41(46)38(53)24-47(39,48)4)26-58-43(55)36-23-37(36)44(56)59-27-29-7-9-30(10-8-29)40(51(5)6)42(54)50-34-12-11-32-25-49-20-16-31(32)21-34/h7-12,14,16,18,20-22,25,28,36-41,53,57H,13,15,17,19,23-24,26-27H2,1-6H3,(H,50,54)/t28?,36?,37?,38?,39-,40?,41+,45?,46?,47-,48-/m0/s1. The van der Waals surface area contributed by atoms with E-state index in [1.165, 1.54) is 0 Å². The molecule has 4 saturated carbocycles. The summed E-state index contributed by atoms with van der Waals surface area (Å²) in [7, 11) is 3.69. The number of allylic oxidation sites excluding steroid dienone is 4. The van der Waals surface area contributed by atoms with Gasteiger partial charge in [0.05, 0.1) is 30.1 Å². The van der Waals surface area contributed by atoms with Crippen molar-refractivity contribution in [3.05, 3.63) is 95.9 Å². The fourth-order valence-corrected chi connectivity index (χ4v) is 12.1. The number of amides is 1. The molecule has 59 heavy (non-hydrogen) atoms. The monoisotopic (exact) mass is 803 g/mol. The molecule has 1 heterocycles. The van der Waals surface area contributed by atoms with Crippen molar-refractivity contribution in [2.24, 2.45) is 45.8 Å². The molecule has 312 valence electrons. The summed E-state index contributed by atoms with van der Waals surface area (Å²) in [6, 6.07) is 14.4. The first-order valence-corrected chi connectivity index (χ1v) is 21.1. The largest absolute Gasteiger partial charge is 0.465 e. The number of benzene rings is 2. The van der Waals surface area contributed by atoms with E-state index in [0.717, 1.165) is 46.7 Å². The van der Waals surface area contributed by atoms with Crippen LogP contribution in [0.1, 0.15) is 83.4 Å². The van der Waals surface area contributed by atoms with Gasteiger partial charge in [0.1, 0.15) is 12.6 Å². The number of ketones is 1. The Balaban J connectivity index is 0.831. The smallest absolute Gasteiger partial charge is 0.310 e. The van der Waals surface area contributed by atoms with E-state index in [2.05, 4.69) is 31.1 Å². The van der Waals surface area contributed by atoms with Crippen molar-refractivity contribution in [2.75, 3.05) is 26.0 Å². The molecular weight excluding hydrogens is 747 g/mol. The van der Waals surface area contributed by atoms with Gasteiger partial charge in [0.15, 0.2) is 5.78 Å². The van der Waals surface area contributed by atoms with Gasteiger partial charge < -0.3 is 25.0 Å². The van der Waals surface area contributed by atoms with Crippen LogP contribution in [0.15, 0.2) is 84.7 Å². The van der Waals surface area contributed by atoms with Crippen LogP contribution in [0.25, 0.3) is 10.8 Å². The molecule has 5 aliphatic rings. The SMILES string of the molecule is CC(COC(=O)C1CC1C(=O)OCc1ccc(C(C(=O)Nc2ccc3cnccc3c2)N(C)C)cc1)[C@@]1(O)CC[C@H]2C3(C)CCC4=CC(=O)C=CC4(C)[C@H]3C(O)C[C@@]21C. The normalized spacial score (nSPS) is 34.2. The second-order valence-electron chi connectivity index (χ2n) is 19.0. The number of aromatic nitrogens is 1. The fourth-order valence-electron chi connectivity index (χ4n) is 12.1. The molecule has 0 radical (unpaired) electrons. The second-order valence-corrected chi connectivity index (χ2v) is 19.0. The Hall–Kier alpha value is -4.71. The third-order valence-corrected chi connectivity index (χ3v) is 15.3. The van der Waals surface area contributed by atoms with Gasteiger partial charge in [0, 0.05) is 46.1 Å². The molecule has 1 amide bonds. The second kappa shape index (κ2) is 15.1. The Labute approximate surface area is 346 Å². The van der Waals surface area contributed by atoms with Crippen LogP contribution in [-0.4, -0.2) is 76.1 Å². The molecule has 3 aromatic rings. The van der Waals surface area contributed by atoms with Crippen molar-refractivity contribution >= 4 is 40.1 Å². The molecule has 8 rings (SSSR count). The van der Waals surface area contributed by atoms with E-state index >= 15 is 0 Å². The van der Waals surface area contributed by atoms with E-state index < -0.39 is 58.3 Å². The molecule has 11 nitrogen and oxygen atoms in total. The molecule has 1 aromatic heterocycles. The van der Waals surface area contributed by atoms with Crippen LogP contribution in [0, 0.1) is 45.8 Å². The summed E-state index contributed by atoms with van der Waals surface area (Å²) in [6.07, 6.45) is 11.9. The number of likely N-dealkylation sites (N-methyl/N-ethyl adjacent to an activating group) is 1. The highest BCUT2D eigenvalue weighted by molar-refractivity contribution is 6.01. The molecule has 0 aliphatic heterocycles. The number of carbonyl (C=O) groups excluding carboxylic acids is 4. The lowest BCUT2D eigenvalue weighted by molar-refractivity contribution is -0.214. The van der Waals surface area contributed by atoms with Crippen molar-refractivity contribution in [3.63, 3.8) is 0 Å². The lowest BCUT2D eigenvalue weighted by Crippen LogP contribution is -2.64. The van der Waals surface area contributed by atoms with E-state index in [1.807, 2.05) is 80.5 Å². The highest BCUT2D eigenvalue weighted by Gasteiger charge is 2.71. The predicted octanol–water partition coefficient (Wildman–Crippen LogP) is 6.73. The number of ether oxygens (including phenoxy) is 2. The maximum atomic E-state index is 13.4. The quantitative estimate of drug-likeness (QED) is 0.178. The maximum absolute atomic E-state index is 13.4. The first-order chi connectivity index (χ1) is 28.0. The topological polar surface area (TPSA) is 155 Å². The van der Waals surface area contributed by atoms with Crippen LogP contribution in [-0.2, 0) is 35.3 Å². The summed E-state index contributed by atoms with van der Waals surface area (Å²) in [5.41, 5.74) is 0.891. The summed E-state index contributed by atoms with van der Waals surface area (Å²) in [6.45, 7) is 8.48. The maximum Gasteiger partial charge on any atom is 0.310 e. The molecule has 4 fully saturated rings. The number of aliphatic hydroxyl groups is 2. The Morgan fingerprint density at radius 3 is 2.44 bits per heavy atom. The van der Waals surface area contributed by atoms with Gasteiger partial charge in [0.25, 0.3) is 0 Å². The molecular formula is C48H57N3O8. The van der Waals surface area contributed by atoms with Crippen LogP contribution >= 0.6 is 0 Å². The first kappa shape index (κ1) is 41.0. The molecule has 11 heteroatoms. The predicted molar refractivity (Wildman–Crippen MR) is 222 cm³/mol. The number of hydrogen-bond donors (Lipinski definition) is 3. The minimum Gasteiger partial charge on any atom is -0.465 e. The van der Waals surface area contributed by atoms with Crippen LogP contribution in [0.4, 0.5) is 5.69 Å². The molecule has 0 saturated heterocycles. The lowest BCUT2D eigenvalue weighted by Gasteiger charge is -2.65. The lowest BCUT2D eigenvalue weighted by atomic mass is 9.40. The van der Waals surface area contributed by atoms with E-state index in [1.54, 1.807) is 24.5 Å². The van der Waals surface area contributed by atoms with Gasteiger partial charge in [-0.3, -0.25) is 29.1 Å². The van der Waals surface area contributed by atoms with E-state index in [0.29, 0.717) is 24.9 Å². The van der Waals surface area contributed by atoms with Crippen LogP contribution in [0.5, 0.6) is 0 Å². The molecule has 11 atom stereocenters. The van der Waals surface area contributed by atoms with E-state index in [4.69, 9.17) is 9.47 Å². The van der Waals surface area contributed by atoms with Gasteiger partial charge >= 0.3 is 11.9 Å². The van der Waals surface area contributed by atoms with Gasteiger partial charge in [-0.15, -0.1) is 0 Å². The zero-order chi connectivity index (χ0) is 42.1. The van der Waals surface area contributed by atoms with E-state index in [-0.39, 0.29) is 42.2 Å². The Morgan fingerprint density at radius 2 is 1.71 bits per heavy atom.